The molecule has 3 aromatic carbocycles. The molecule has 0 bridgehead atoms. The number of hydrogen-bond acceptors (Lipinski definition) is 5. The Morgan fingerprint density at radius 3 is 2.71 bits per heavy atom. The van der Waals surface area contributed by atoms with Crippen molar-refractivity contribution in [1.29, 1.82) is 0 Å². The highest BCUT2D eigenvalue weighted by molar-refractivity contribution is 9.10. The minimum Gasteiger partial charge on any atom is -0.493 e. The third-order valence-electron chi connectivity index (χ3n) is 6.71. The van der Waals surface area contributed by atoms with Gasteiger partial charge in [-0.25, -0.2) is 9.37 Å². The van der Waals surface area contributed by atoms with E-state index in [1.54, 1.807) is 42.6 Å². The molecule has 1 aliphatic carbocycles. The molecule has 1 saturated carbocycles. The van der Waals surface area contributed by atoms with E-state index in [1.165, 1.54) is 24.3 Å². The first-order valence-electron chi connectivity index (χ1n) is 12.4. The minimum atomic E-state index is -0.360. The SMILES string of the molecule is COc1cc(C=Nn2c(C3CCCCC3)nc3ccc(Br)cc3c2=O)cc(Cl)c1OCc1ccccc1F. The maximum Gasteiger partial charge on any atom is 0.282 e. The number of methoxy groups -OCH3 is 1. The smallest absolute Gasteiger partial charge is 0.282 e. The van der Waals surface area contributed by atoms with Crippen molar-refractivity contribution in [2.75, 3.05) is 7.11 Å². The summed E-state index contributed by atoms with van der Waals surface area (Å²) < 4.78 is 27.5. The molecule has 1 aromatic heterocycles. The molecule has 0 aliphatic heterocycles. The summed E-state index contributed by atoms with van der Waals surface area (Å²) >= 11 is 9.98. The molecular weight excluding hydrogens is 573 g/mol. The van der Waals surface area contributed by atoms with Crippen molar-refractivity contribution >= 4 is 44.6 Å². The van der Waals surface area contributed by atoms with Gasteiger partial charge >= 0.3 is 0 Å². The van der Waals surface area contributed by atoms with Crippen molar-refractivity contribution in [3.05, 3.63) is 97.2 Å². The molecule has 0 atom stereocenters. The largest absolute Gasteiger partial charge is 0.493 e. The predicted octanol–water partition coefficient (Wildman–Crippen LogP) is 7.47. The zero-order chi connectivity index (χ0) is 26.6. The lowest BCUT2D eigenvalue weighted by atomic mass is 9.88. The van der Waals surface area contributed by atoms with Gasteiger partial charge in [-0.15, -0.1) is 0 Å². The Bertz CT molecular complexity index is 1570. The highest BCUT2D eigenvalue weighted by Gasteiger charge is 2.22. The van der Waals surface area contributed by atoms with E-state index in [4.69, 9.17) is 26.1 Å². The van der Waals surface area contributed by atoms with Gasteiger partial charge in [-0.1, -0.05) is 65.0 Å². The number of fused-ring (bicyclic) bond motifs is 1. The predicted molar refractivity (Wildman–Crippen MR) is 151 cm³/mol. The quantitative estimate of drug-likeness (QED) is 0.207. The van der Waals surface area contributed by atoms with Crippen LogP contribution in [0.3, 0.4) is 0 Å². The summed E-state index contributed by atoms with van der Waals surface area (Å²) in [7, 11) is 1.50. The van der Waals surface area contributed by atoms with Crippen molar-refractivity contribution in [3.8, 4) is 11.5 Å². The number of halogens is 3. The number of benzene rings is 3. The van der Waals surface area contributed by atoms with Gasteiger partial charge in [0.1, 0.15) is 18.2 Å². The molecule has 1 aliphatic rings. The van der Waals surface area contributed by atoms with Gasteiger partial charge in [0, 0.05) is 16.0 Å². The van der Waals surface area contributed by atoms with E-state index in [1.807, 2.05) is 12.1 Å². The van der Waals surface area contributed by atoms with Gasteiger partial charge in [-0.3, -0.25) is 4.79 Å². The van der Waals surface area contributed by atoms with Gasteiger partial charge in [-0.2, -0.15) is 9.78 Å². The van der Waals surface area contributed by atoms with Crippen LogP contribution in [0.1, 0.15) is 55.0 Å². The molecule has 0 amide bonds. The van der Waals surface area contributed by atoms with Crippen molar-refractivity contribution in [3.63, 3.8) is 0 Å². The van der Waals surface area contributed by atoms with Crippen molar-refractivity contribution < 1.29 is 13.9 Å². The summed E-state index contributed by atoms with van der Waals surface area (Å²) in [6.07, 6.45) is 6.89. The molecule has 1 heterocycles. The van der Waals surface area contributed by atoms with Gasteiger partial charge in [0.2, 0.25) is 0 Å². The minimum absolute atomic E-state index is 0.00531. The molecular formula is C29H26BrClFN3O3. The van der Waals surface area contributed by atoms with Crippen LogP contribution in [-0.2, 0) is 6.61 Å². The summed E-state index contributed by atoms with van der Waals surface area (Å²) in [4.78, 5) is 18.4. The summed E-state index contributed by atoms with van der Waals surface area (Å²) in [5.41, 5.74) is 1.45. The molecule has 0 saturated heterocycles. The molecule has 0 radical (unpaired) electrons. The summed E-state index contributed by atoms with van der Waals surface area (Å²) in [5.74, 6) is 1.14. The number of nitrogens with zero attached hydrogens (tertiary/aromatic N) is 3. The van der Waals surface area contributed by atoms with Crippen molar-refractivity contribution in [2.24, 2.45) is 5.10 Å². The summed E-state index contributed by atoms with van der Waals surface area (Å²) in [6.45, 7) is -0.00531. The van der Waals surface area contributed by atoms with Gasteiger partial charge < -0.3 is 9.47 Å². The van der Waals surface area contributed by atoms with E-state index >= 15 is 0 Å². The van der Waals surface area contributed by atoms with Gasteiger partial charge in [-0.05, 0) is 54.8 Å². The van der Waals surface area contributed by atoms with Gasteiger partial charge in [0.25, 0.3) is 5.56 Å². The fourth-order valence-electron chi connectivity index (χ4n) is 4.75. The molecule has 38 heavy (non-hydrogen) atoms. The average Bonchev–Trinajstić information content (AvgIpc) is 2.93. The molecule has 0 N–H and O–H groups in total. The zero-order valence-corrected chi connectivity index (χ0v) is 23.1. The van der Waals surface area contributed by atoms with Gasteiger partial charge in [0.15, 0.2) is 11.5 Å². The molecule has 4 aromatic rings. The first-order valence-corrected chi connectivity index (χ1v) is 13.6. The van der Waals surface area contributed by atoms with Crippen LogP contribution in [-0.4, -0.2) is 23.0 Å². The third kappa shape index (κ3) is 5.61. The fraction of sp³-hybridized carbons (Fsp3) is 0.276. The lowest BCUT2D eigenvalue weighted by molar-refractivity contribution is 0.280. The molecule has 5 rings (SSSR count). The summed E-state index contributed by atoms with van der Waals surface area (Å²) in [5, 5.41) is 5.35. The van der Waals surface area contributed by atoms with Crippen LogP contribution >= 0.6 is 27.5 Å². The van der Waals surface area contributed by atoms with E-state index in [-0.39, 0.29) is 28.9 Å². The highest BCUT2D eigenvalue weighted by atomic mass is 79.9. The Kier molecular flexibility index (Phi) is 8.09. The van der Waals surface area contributed by atoms with E-state index in [2.05, 4.69) is 21.0 Å². The normalized spacial score (nSPS) is 14.3. The first kappa shape index (κ1) is 26.4. The van der Waals surface area contributed by atoms with E-state index in [9.17, 15) is 9.18 Å². The molecule has 6 nitrogen and oxygen atoms in total. The molecule has 0 spiro atoms. The second kappa shape index (κ2) is 11.7. The molecule has 196 valence electrons. The summed E-state index contributed by atoms with van der Waals surface area (Å²) in [6, 6.07) is 15.3. The zero-order valence-electron chi connectivity index (χ0n) is 20.8. The Labute approximate surface area is 233 Å². The second-order valence-corrected chi connectivity index (χ2v) is 10.6. The third-order valence-corrected chi connectivity index (χ3v) is 7.48. The van der Waals surface area contributed by atoms with E-state index < -0.39 is 0 Å². The fourth-order valence-corrected chi connectivity index (χ4v) is 5.38. The van der Waals surface area contributed by atoms with Crippen LogP contribution in [0.2, 0.25) is 5.02 Å². The maximum atomic E-state index is 14.0. The number of aromatic nitrogens is 2. The van der Waals surface area contributed by atoms with Crippen LogP contribution < -0.4 is 15.0 Å². The lowest BCUT2D eigenvalue weighted by Gasteiger charge is -2.22. The van der Waals surface area contributed by atoms with Gasteiger partial charge in [0.05, 0.1) is 29.2 Å². The Morgan fingerprint density at radius 2 is 1.95 bits per heavy atom. The molecule has 0 unspecified atom stereocenters. The number of rotatable bonds is 7. The standard InChI is InChI=1S/C29H26BrClFN3O3/c1-37-26-14-18(13-23(31)27(26)38-17-20-9-5-6-10-24(20)32)16-33-35-28(19-7-3-2-4-8-19)34-25-12-11-21(30)15-22(25)29(35)36/h5-6,9-16,19H,2-4,7-8,17H2,1H3. The lowest BCUT2D eigenvalue weighted by Crippen LogP contribution is -2.25. The second-order valence-electron chi connectivity index (χ2n) is 9.24. The monoisotopic (exact) mass is 597 g/mol. The molecule has 1 fully saturated rings. The van der Waals surface area contributed by atoms with Crippen LogP contribution in [0.15, 0.2) is 69.0 Å². The van der Waals surface area contributed by atoms with Crippen LogP contribution in [0, 0.1) is 5.82 Å². The van der Waals surface area contributed by atoms with Crippen molar-refractivity contribution in [1.82, 2.24) is 9.66 Å². The number of ether oxygens (including phenoxy) is 2. The van der Waals surface area contributed by atoms with E-state index in [0.717, 1.165) is 30.2 Å². The maximum absolute atomic E-state index is 14.0. The Balaban J connectivity index is 1.50. The topological polar surface area (TPSA) is 65.7 Å². The van der Waals surface area contributed by atoms with Crippen molar-refractivity contribution in [2.45, 2.75) is 44.6 Å². The molecule has 9 heteroatoms. The first-order chi connectivity index (χ1) is 18.4. The Hall–Kier alpha value is -3.23. The Morgan fingerprint density at radius 1 is 1.16 bits per heavy atom. The van der Waals surface area contributed by atoms with Crippen LogP contribution in [0.25, 0.3) is 10.9 Å². The van der Waals surface area contributed by atoms with Crippen LogP contribution in [0.5, 0.6) is 11.5 Å². The van der Waals surface area contributed by atoms with E-state index in [0.29, 0.717) is 39.4 Å². The number of hydrogen-bond donors (Lipinski definition) is 0. The average molecular weight is 599 g/mol. The van der Waals surface area contributed by atoms with Crippen LogP contribution in [0.4, 0.5) is 4.39 Å². The highest BCUT2D eigenvalue weighted by Crippen LogP contribution is 2.37.